The predicted octanol–water partition coefficient (Wildman–Crippen LogP) is 2.54. The van der Waals surface area contributed by atoms with Gasteiger partial charge in [-0.25, -0.2) is 4.98 Å². The highest BCUT2D eigenvalue weighted by Crippen LogP contribution is 2.22. The number of rotatable bonds is 2. The van der Waals surface area contributed by atoms with Crippen molar-refractivity contribution < 1.29 is 0 Å². The third-order valence-corrected chi connectivity index (χ3v) is 2.20. The number of pyridine rings is 1. The van der Waals surface area contributed by atoms with Crippen LogP contribution in [0.1, 0.15) is 12.6 Å². The number of hydrogen-bond donors (Lipinski definition) is 1. The number of para-hydroxylation sites is 1. The predicted molar refractivity (Wildman–Crippen MR) is 60.6 cm³/mol. The van der Waals surface area contributed by atoms with Crippen LogP contribution in [0.3, 0.4) is 0 Å². The van der Waals surface area contributed by atoms with Crippen LogP contribution >= 0.6 is 0 Å². The number of nitriles is 1. The lowest BCUT2D eigenvalue weighted by atomic mass is 10.1. The number of anilines is 1. The molecule has 0 fully saturated rings. The van der Waals surface area contributed by atoms with Crippen LogP contribution in [0.25, 0.3) is 10.9 Å². The molecular formula is C12H11N3. The van der Waals surface area contributed by atoms with E-state index in [1.807, 2.05) is 31.2 Å². The summed E-state index contributed by atoms with van der Waals surface area (Å²) in [4.78, 5) is 4.24. The molecule has 3 heteroatoms. The zero-order valence-electron chi connectivity index (χ0n) is 8.49. The summed E-state index contributed by atoms with van der Waals surface area (Å²) in [7, 11) is 0. The minimum absolute atomic E-state index is 0.449. The second-order valence-electron chi connectivity index (χ2n) is 3.21. The molecule has 3 nitrogen and oxygen atoms in total. The van der Waals surface area contributed by atoms with E-state index in [9.17, 15) is 0 Å². The van der Waals surface area contributed by atoms with E-state index in [2.05, 4.69) is 16.4 Å². The van der Waals surface area contributed by atoms with Gasteiger partial charge in [0.2, 0.25) is 0 Å². The van der Waals surface area contributed by atoms with Crippen LogP contribution in [-0.2, 0) is 0 Å². The van der Waals surface area contributed by atoms with Crippen molar-refractivity contribution in [2.24, 2.45) is 0 Å². The fourth-order valence-corrected chi connectivity index (χ4v) is 1.57. The van der Waals surface area contributed by atoms with Gasteiger partial charge in [0.25, 0.3) is 0 Å². The standard InChI is InChI=1S/C12H11N3/c1-2-14-12-7-9(8-13)15-11-6-4-3-5-10(11)12/h3-7H,2H2,1H3,(H,14,15). The molecule has 1 N–H and O–H groups in total. The molecule has 0 aliphatic rings. The summed E-state index contributed by atoms with van der Waals surface area (Å²) >= 11 is 0. The van der Waals surface area contributed by atoms with Gasteiger partial charge in [-0.3, -0.25) is 0 Å². The fraction of sp³-hybridized carbons (Fsp3) is 0.167. The summed E-state index contributed by atoms with van der Waals surface area (Å²) in [6.45, 7) is 2.86. The smallest absolute Gasteiger partial charge is 0.143 e. The molecule has 0 atom stereocenters. The molecule has 0 aliphatic carbocycles. The molecule has 0 unspecified atom stereocenters. The van der Waals surface area contributed by atoms with Gasteiger partial charge in [0.1, 0.15) is 11.8 Å². The van der Waals surface area contributed by atoms with E-state index in [0.29, 0.717) is 5.69 Å². The maximum atomic E-state index is 8.85. The van der Waals surface area contributed by atoms with Crippen LogP contribution in [0.4, 0.5) is 5.69 Å². The quantitative estimate of drug-likeness (QED) is 0.804. The lowest BCUT2D eigenvalue weighted by molar-refractivity contribution is 1.21. The van der Waals surface area contributed by atoms with Gasteiger partial charge >= 0.3 is 0 Å². The lowest BCUT2D eigenvalue weighted by Crippen LogP contribution is -1.99. The van der Waals surface area contributed by atoms with Gasteiger partial charge in [-0.05, 0) is 19.1 Å². The third-order valence-electron chi connectivity index (χ3n) is 2.20. The molecule has 0 radical (unpaired) electrons. The largest absolute Gasteiger partial charge is 0.385 e. The topological polar surface area (TPSA) is 48.7 Å². The molecule has 0 spiro atoms. The van der Waals surface area contributed by atoms with Crippen molar-refractivity contribution >= 4 is 16.6 Å². The first-order valence-corrected chi connectivity index (χ1v) is 4.89. The average molecular weight is 197 g/mol. The Labute approximate surface area is 88.4 Å². The van der Waals surface area contributed by atoms with Crippen molar-refractivity contribution in [2.75, 3.05) is 11.9 Å². The summed E-state index contributed by atoms with van der Waals surface area (Å²) in [5, 5.41) is 13.1. The molecular weight excluding hydrogens is 186 g/mol. The molecule has 15 heavy (non-hydrogen) atoms. The Bertz CT molecular complexity index is 526. The normalized spacial score (nSPS) is 9.87. The molecule has 0 bridgehead atoms. The van der Waals surface area contributed by atoms with Gasteiger partial charge in [0, 0.05) is 17.6 Å². The van der Waals surface area contributed by atoms with Gasteiger partial charge in [-0.2, -0.15) is 5.26 Å². The van der Waals surface area contributed by atoms with E-state index >= 15 is 0 Å². The molecule has 2 rings (SSSR count). The number of nitrogens with zero attached hydrogens (tertiary/aromatic N) is 2. The number of nitrogens with one attached hydrogen (secondary N) is 1. The summed E-state index contributed by atoms with van der Waals surface area (Å²) in [5.41, 5.74) is 2.27. The van der Waals surface area contributed by atoms with E-state index in [4.69, 9.17) is 5.26 Å². The van der Waals surface area contributed by atoms with Crippen LogP contribution < -0.4 is 5.32 Å². The number of hydrogen-bond acceptors (Lipinski definition) is 3. The van der Waals surface area contributed by atoms with Gasteiger partial charge < -0.3 is 5.32 Å². The molecule has 0 saturated carbocycles. The molecule has 74 valence electrons. The van der Waals surface area contributed by atoms with Crippen LogP contribution in [0.2, 0.25) is 0 Å². The van der Waals surface area contributed by atoms with Crippen molar-refractivity contribution in [1.82, 2.24) is 4.98 Å². The first-order chi connectivity index (χ1) is 7.35. The van der Waals surface area contributed by atoms with E-state index in [1.165, 1.54) is 0 Å². The van der Waals surface area contributed by atoms with E-state index < -0.39 is 0 Å². The second-order valence-corrected chi connectivity index (χ2v) is 3.21. The molecule has 1 aromatic heterocycles. The first kappa shape index (κ1) is 9.47. The van der Waals surface area contributed by atoms with E-state index in [-0.39, 0.29) is 0 Å². The maximum absolute atomic E-state index is 8.85. The summed E-state index contributed by atoms with van der Waals surface area (Å²) in [6, 6.07) is 11.7. The third kappa shape index (κ3) is 1.75. The SMILES string of the molecule is CCNc1cc(C#N)nc2ccccc12. The number of aromatic nitrogens is 1. The highest BCUT2D eigenvalue weighted by molar-refractivity contribution is 5.91. The van der Waals surface area contributed by atoms with Crippen LogP contribution in [0.5, 0.6) is 0 Å². The Morgan fingerprint density at radius 2 is 2.20 bits per heavy atom. The van der Waals surface area contributed by atoms with Crippen molar-refractivity contribution in [2.45, 2.75) is 6.92 Å². The van der Waals surface area contributed by atoms with Gasteiger partial charge in [-0.15, -0.1) is 0 Å². The Morgan fingerprint density at radius 1 is 1.40 bits per heavy atom. The monoisotopic (exact) mass is 197 g/mol. The summed E-state index contributed by atoms with van der Waals surface area (Å²) in [5.74, 6) is 0. The Morgan fingerprint density at radius 3 is 2.93 bits per heavy atom. The minimum Gasteiger partial charge on any atom is -0.385 e. The highest BCUT2D eigenvalue weighted by atomic mass is 14.9. The summed E-state index contributed by atoms with van der Waals surface area (Å²) < 4.78 is 0. The molecule has 2 aromatic rings. The zero-order valence-corrected chi connectivity index (χ0v) is 8.49. The maximum Gasteiger partial charge on any atom is 0.143 e. The van der Waals surface area contributed by atoms with Crippen molar-refractivity contribution in [1.29, 1.82) is 5.26 Å². The minimum atomic E-state index is 0.449. The molecule has 1 aromatic carbocycles. The molecule has 0 saturated heterocycles. The Kier molecular flexibility index (Phi) is 2.51. The first-order valence-electron chi connectivity index (χ1n) is 4.89. The molecule has 0 aliphatic heterocycles. The second kappa shape index (κ2) is 3.97. The zero-order chi connectivity index (χ0) is 10.7. The average Bonchev–Trinajstić information content (AvgIpc) is 2.29. The Hall–Kier alpha value is -2.08. The van der Waals surface area contributed by atoms with Crippen LogP contribution in [0, 0.1) is 11.3 Å². The fourth-order valence-electron chi connectivity index (χ4n) is 1.57. The Balaban J connectivity index is 2.70. The van der Waals surface area contributed by atoms with Crippen molar-refractivity contribution in [3.05, 3.63) is 36.0 Å². The van der Waals surface area contributed by atoms with Gasteiger partial charge in [0.05, 0.1) is 5.52 Å². The highest BCUT2D eigenvalue weighted by Gasteiger charge is 2.03. The van der Waals surface area contributed by atoms with Crippen molar-refractivity contribution in [3.63, 3.8) is 0 Å². The lowest BCUT2D eigenvalue weighted by Gasteiger charge is -2.07. The van der Waals surface area contributed by atoms with Crippen LogP contribution in [-0.4, -0.2) is 11.5 Å². The van der Waals surface area contributed by atoms with Crippen molar-refractivity contribution in [3.8, 4) is 6.07 Å². The van der Waals surface area contributed by atoms with Gasteiger partial charge in [0.15, 0.2) is 0 Å². The van der Waals surface area contributed by atoms with Crippen LogP contribution in [0.15, 0.2) is 30.3 Å². The number of benzene rings is 1. The molecule has 1 heterocycles. The van der Waals surface area contributed by atoms with E-state index in [1.54, 1.807) is 6.07 Å². The number of fused-ring (bicyclic) bond motifs is 1. The summed E-state index contributed by atoms with van der Waals surface area (Å²) in [6.07, 6.45) is 0. The van der Waals surface area contributed by atoms with E-state index in [0.717, 1.165) is 23.1 Å². The van der Waals surface area contributed by atoms with Gasteiger partial charge in [-0.1, -0.05) is 18.2 Å². The molecule has 0 amide bonds.